The Bertz CT molecular complexity index is 629. The van der Waals surface area contributed by atoms with Crippen LogP contribution in [0.25, 0.3) is 11.5 Å². The fraction of sp³-hybridized carbons (Fsp3) is 0.0833. The van der Waals surface area contributed by atoms with Crippen LogP contribution in [0.1, 0.15) is 10.5 Å². The van der Waals surface area contributed by atoms with Crippen molar-refractivity contribution in [1.82, 2.24) is 4.98 Å². The van der Waals surface area contributed by atoms with Gasteiger partial charge in [-0.3, -0.25) is 4.79 Å². The molecule has 1 aromatic carbocycles. The number of rotatable bonds is 3. The number of nitrogens with two attached hydrogens (primary N) is 2. The van der Waals surface area contributed by atoms with Crippen molar-refractivity contribution >= 4 is 11.9 Å². The van der Waals surface area contributed by atoms with E-state index in [2.05, 4.69) is 9.98 Å². The van der Waals surface area contributed by atoms with Gasteiger partial charge in [-0.05, 0) is 12.1 Å². The van der Waals surface area contributed by atoms with E-state index in [-0.39, 0.29) is 17.5 Å². The van der Waals surface area contributed by atoms with Crippen molar-refractivity contribution < 1.29 is 13.9 Å². The summed E-state index contributed by atoms with van der Waals surface area (Å²) in [6.45, 7) is 0. The van der Waals surface area contributed by atoms with Crippen LogP contribution in [0.3, 0.4) is 0 Å². The van der Waals surface area contributed by atoms with E-state index in [1.807, 2.05) is 6.07 Å². The number of hydrogen-bond donors (Lipinski definition) is 2. The highest BCUT2D eigenvalue weighted by molar-refractivity contribution is 6.00. The third kappa shape index (κ3) is 2.71. The second-order valence-corrected chi connectivity index (χ2v) is 3.58. The number of carbonyl (C=O) groups is 1. The van der Waals surface area contributed by atoms with E-state index in [4.69, 9.17) is 20.6 Å². The zero-order valence-electron chi connectivity index (χ0n) is 10.2. The predicted molar refractivity (Wildman–Crippen MR) is 68.6 cm³/mol. The van der Waals surface area contributed by atoms with Crippen LogP contribution in [0.4, 0.5) is 0 Å². The van der Waals surface area contributed by atoms with Gasteiger partial charge in [0.15, 0.2) is 11.7 Å². The molecule has 1 heterocycles. The van der Waals surface area contributed by atoms with Crippen molar-refractivity contribution in [1.29, 1.82) is 0 Å². The van der Waals surface area contributed by atoms with Crippen molar-refractivity contribution in [3.63, 3.8) is 0 Å². The van der Waals surface area contributed by atoms with Gasteiger partial charge in [-0.2, -0.15) is 4.99 Å². The zero-order valence-corrected chi connectivity index (χ0v) is 10.2. The van der Waals surface area contributed by atoms with E-state index in [1.165, 1.54) is 13.4 Å². The van der Waals surface area contributed by atoms with Crippen LogP contribution in [-0.2, 0) is 0 Å². The van der Waals surface area contributed by atoms with Gasteiger partial charge in [0.2, 0.25) is 5.89 Å². The Hall–Kier alpha value is -2.83. The molecule has 0 saturated carbocycles. The fourth-order valence-electron chi connectivity index (χ4n) is 1.49. The van der Waals surface area contributed by atoms with Crippen LogP contribution < -0.4 is 16.2 Å². The second-order valence-electron chi connectivity index (χ2n) is 3.58. The van der Waals surface area contributed by atoms with Crippen molar-refractivity contribution in [2.24, 2.45) is 16.5 Å². The molecule has 98 valence electrons. The molecule has 0 spiro atoms. The highest BCUT2D eigenvalue weighted by Gasteiger charge is 2.15. The van der Waals surface area contributed by atoms with Crippen molar-refractivity contribution in [2.75, 3.05) is 7.11 Å². The Morgan fingerprint density at radius 1 is 1.37 bits per heavy atom. The maximum atomic E-state index is 11.6. The number of aliphatic imine (C=N–C) groups is 1. The smallest absolute Gasteiger partial charge is 0.302 e. The van der Waals surface area contributed by atoms with E-state index < -0.39 is 5.91 Å². The molecule has 0 aliphatic carbocycles. The number of amides is 1. The number of hydrogen-bond acceptors (Lipinski definition) is 4. The van der Waals surface area contributed by atoms with Gasteiger partial charge in [-0.15, -0.1) is 0 Å². The molecule has 2 aromatic rings. The number of nitrogens with zero attached hydrogens (tertiary/aromatic N) is 2. The Kier molecular flexibility index (Phi) is 3.46. The highest BCUT2D eigenvalue weighted by Crippen LogP contribution is 2.28. The minimum Gasteiger partial charge on any atom is -0.496 e. The largest absolute Gasteiger partial charge is 0.496 e. The molecule has 2 rings (SSSR count). The number of para-hydroxylation sites is 1. The van der Waals surface area contributed by atoms with Gasteiger partial charge in [-0.1, -0.05) is 12.1 Å². The first-order valence-electron chi connectivity index (χ1n) is 5.34. The molecule has 0 unspecified atom stereocenters. The van der Waals surface area contributed by atoms with Gasteiger partial charge >= 0.3 is 5.91 Å². The SMILES string of the molecule is COc1ccccc1-c1nc(C(=O)N=C(N)N)co1. The van der Waals surface area contributed by atoms with Gasteiger partial charge in [-0.25, -0.2) is 4.98 Å². The van der Waals surface area contributed by atoms with Crippen molar-refractivity contribution in [3.8, 4) is 17.2 Å². The molecule has 7 heteroatoms. The molecule has 1 aromatic heterocycles. The third-order valence-corrected chi connectivity index (χ3v) is 2.29. The normalized spacial score (nSPS) is 9.95. The minimum atomic E-state index is -0.662. The van der Waals surface area contributed by atoms with Crippen LogP contribution >= 0.6 is 0 Å². The Labute approximate surface area is 108 Å². The summed E-state index contributed by atoms with van der Waals surface area (Å²) in [7, 11) is 1.53. The lowest BCUT2D eigenvalue weighted by molar-refractivity contribution is 0.0998. The molecule has 0 bridgehead atoms. The van der Waals surface area contributed by atoms with E-state index >= 15 is 0 Å². The maximum absolute atomic E-state index is 11.6. The fourth-order valence-corrected chi connectivity index (χ4v) is 1.49. The van der Waals surface area contributed by atoms with Crippen molar-refractivity contribution in [2.45, 2.75) is 0 Å². The van der Waals surface area contributed by atoms with Crippen LogP contribution in [0.15, 0.2) is 39.9 Å². The lowest BCUT2D eigenvalue weighted by Gasteiger charge is -2.03. The summed E-state index contributed by atoms with van der Waals surface area (Å²) in [5.74, 6) is -0.145. The lowest BCUT2D eigenvalue weighted by Crippen LogP contribution is -2.24. The van der Waals surface area contributed by atoms with Crippen LogP contribution in [0, 0.1) is 0 Å². The van der Waals surface area contributed by atoms with Gasteiger partial charge in [0.25, 0.3) is 0 Å². The van der Waals surface area contributed by atoms with Gasteiger partial charge in [0.05, 0.1) is 12.7 Å². The molecule has 7 nitrogen and oxygen atoms in total. The summed E-state index contributed by atoms with van der Waals surface area (Å²) in [5.41, 5.74) is 10.9. The topological polar surface area (TPSA) is 117 Å². The lowest BCUT2D eigenvalue weighted by atomic mass is 10.2. The first-order valence-corrected chi connectivity index (χ1v) is 5.34. The Morgan fingerprint density at radius 3 is 2.79 bits per heavy atom. The molecule has 1 amide bonds. The van der Waals surface area contributed by atoms with Gasteiger partial charge in [0, 0.05) is 0 Å². The van der Waals surface area contributed by atoms with Crippen LogP contribution in [0.5, 0.6) is 5.75 Å². The number of ether oxygens (including phenoxy) is 1. The molecule has 4 N–H and O–H groups in total. The Morgan fingerprint density at radius 2 is 2.11 bits per heavy atom. The van der Waals surface area contributed by atoms with Gasteiger partial charge < -0.3 is 20.6 Å². The van der Waals surface area contributed by atoms with Gasteiger partial charge in [0.1, 0.15) is 12.0 Å². The van der Waals surface area contributed by atoms with E-state index in [9.17, 15) is 4.79 Å². The van der Waals surface area contributed by atoms with Crippen LogP contribution in [-0.4, -0.2) is 24.0 Å². The average Bonchev–Trinajstić information content (AvgIpc) is 2.87. The predicted octanol–water partition coefficient (Wildman–Crippen LogP) is 0.764. The minimum absolute atomic E-state index is 0.0225. The van der Waals surface area contributed by atoms with E-state index in [1.54, 1.807) is 18.2 Å². The molecular weight excluding hydrogens is 248 g/mol. The summed E-state index contributed by atoms with van der Waals surface area (Å²) in [6, 6.07) is 7.15. The number of methoxy groups -OCH3 is 1. The monoisotopic (exact) mass is 260 g/mol. The zero-order chi connectivity index (χ0) is 13.8. The highest BCUT2D eigenvalue weighted by atomic mass is 16.5. The molecule has 0 fully saturated rings. The summed E-state index contributed by atoms with van der Waals surface area (Å²) in [4.78, 5) is 19.0. The number of guanidine groups is 1. The van der Waals surface area contributed by atoms with E-state index in [0.29, 0.717) is 11.3 Å². The third-order valence-electron chi connectivity index (χ3n) is 2.29. The Balaban J connectivity index is 2.36. The summed E-state index contributed by atoms with van der Waals surface area (Å²) >= 11 is 0. The molecule has 0 aliphatic heterocycles. The standard InChI is InChI=1S/C12H12N4O3/c1-18-9-5-3-2-4-7(9)11-15-8(6-19-11)10(17)16-12(13)14/h2-6H,1H3,(H4,13,14,16,17). The number of carbonyl (C=O) groups excluding carboxylic acids is 1. The first-order chi connectivity index (χ1) is 9.11. The summed E-state index contributed by atoms with van der Waals surface area (Å²) in [5, 5.41) is 0. The molecule has 0 aliphatic rings. The molecule has 0 atom stereocenters. The average molecular weight is 260 g/mol. The number of oxazole rings is 1. The number of benzene rings is 1. The first kappa shape index (κ1) is 12.6. The molecular formula is C12H12N4O3. The summed E-state index contributed by atoms with van der Waals surface area (Å²) < 4.78 is 10.4. The second kappa shape index (κ2) is 5.21. The molecule has 0 saturated heterocycles. The van der Waals surface area contributed by atoms with Crippen LogP contribution in [0.2, 0.25) is 0 Å². The summed E-state index contributed by atoms with van der Waals surface area (Å²) in [6.07, 6.45) is 1.19. The van der Waals surface area contributed by atoms with Crippen molar-refractivity contribution in [3.05, 3.63) is 36.2 Å². The molecule has 0 radical (unpaired) electrons. The quantitative estimate of drug-likeness (QED) is 0.621. The van der Waals surface area contributed by atoms with E-state index in [0.717, 1.165) is 0 Å². The molecule has 19 heavy (non-hydrogen) atoms. The maximum Gasteiger partial charge on any atom is 0.302 e. The number of aromatic nitrogens is 1.